The number of aryl methyl sites for hydroxylation is 1. The predicted octanol–water partition coefficient (Wildman–Crippen LogP) is 2.00. The highest BCUT2D eigenvalue weighted by Gasteiger charge is 2.01. The summed E-state index contributed by atoms with van der Waals surface area (Å²) in [5, 5.41) is 0.859. The quantitative estimate of drug-likeness (QED) is 0.727. The van der Waals surface area contributed by atoms with Gasteiger partial charge in [-0.3, -0.25) is 0 Å². The van der Waals surface area contributed by atoms with Crippen molar-refractivity contribution in [1.29, 1.82) is 0 Å². The van der Waals surface area contributed by atoms with Crippen LogP contribution in [0.15, 0.2) is 12.3 Å². The highest BCUT2D eigenvalue weighted by atomic mass is 32.1. The fourth-order valence-corrected chi connectivity index (χ4v) is 1.57. The second-order valence-corrected chi connectivity index (χ2v) is 3.29. The number of nitrogens with zero attached hydrogens (tertiary/aromatic N) is 2. The maximum absolute atomic E-state index is 5.13. The number of H-pyrrole nitrogens is 1. The smallest absolute Gasteiger partial charge is 0.213 e. The van der Waals surface area contributed by atoms with Crippen LogP contribution in [-0.2, 0) is 0 Å². The van der Waals surface area contributed by atoms with Crippen molar-refractivity contribution in [3.8, 4) is 5.88 Å². The van der Waals surface area contributed by atoms with Gasteiger partial charge >= 0.3 is 0 Å². The van der Waals surface area contributed by atoms with Gasteiger partial charge in [-0.15, -0.1) is 0 Å². The van der Waals surface area contributed by atoms with Crippen LogP contribution in [0.2, 0.25) is 0 Å². The van der Waals surface area contributed by atoms with Crippen LogP contribution in [0.3, 0.4) is 0 Å². The molecule has 2 heterocycles. The molecule has 1 N–H and O–H groups in total. The standard InChI is InChI=1S/C9H9N3OS/c1-5-11-7-4-10-8(13-2)3-6(7)9(14)12-5/h3-4H,1-2H3,(H,11,12,14). The normalized spacial score (nSPS) is 10.4. The molecule has 0 aromatic carbocycles. The summed E-state index contributed by atoms with van der Waals surface area (Å²) >= 11 is 5.13. The zero-order valence-corrected chi connectivity index (χ0v) is 8.68. The molecule has 0 bridgehead atoms. The Morgan fingerprint density at radius 2 is 2.29 bits per heavy atom. The van der Waals surface area contributed by atoms with Gasteiger partial charge in [0.25, 0.3) is 0 Å². The molecular weight excluding hydrogens is 198 g/mol. The van der Waals surface area contributed by atoms with Crippen molar-refractivity contribution in [2.24, 2.45) is 0 Å². The summed E-state index contributed by atoms with van der Waals surface area (Å²) in [6.45, 7) is 1.86. The third-order valence-corrected chi connectivity index (χ3v) is 2.21. The predicted molar refractivity (Wildman–Crippen MR) is 56.0 cm³/mol. The average molecular weight is 207 g/mol. The number of hydrogen-bond donors (Lipinski definition) is 1. The number of rotatable bonds is 1. The van der Waals surface area contributed by atoms with E-state index in [0.29, 0.717) is 10.5 Å². The van der Waals surface area contributed by atoms with E-state index in [4.69, 9.17) is 17.0 Å². The minimum Gasteiger partial charge on any atom is -0.481 e. The van der Waals surface area contributed by atoms with Crippen LogP contribution < -0.4 is 4.74 Å². The summed E-state index contributed by atoms with van der Waals surface area (Å²) in [6, 6.07) is 1.78. The highest BCUT2D eigenvalue weighted by molar-refractivity contribution is 7.71. The van der Waals surface area contributed by atoms with Crippen LogP contribution in [-0.4, -0.2) is 22.1 Å². The first kappa shape index (κ1) is 9.08. The monoisotopic (exact) mass is 207 g/mol. The molecule has 0 amide bonds. The van der Waals surface area contributed by atoms with Crippen molar-refractivity contribution in [2.75, 3.05) is 7.11 Å². The van der Waals surface area contributed by atoms with E-state index in [1.807, 2.05) is 6.92 Å². The lowest BCUT2D eigenvalue weighted by Gasteiger charge is -2.02. The lowest BCUT2D eigenvalue weighted by molar-refractivity contribution is 0.398. The number of methoxy groups -OCH3 is 1. The van der Waals surface area contributed by atoms with Crippen LogP contribution >= 0.6 is 12.2 Å². The van der Waals surface area contributed by atoms with Crippen LogP contribution in [0.4, 0.5) is 0 Å². The maximum atomic E-state index is 5.13. The van der Waals surface area contributed by atoms with Gasteiger partial charge in [0.1, 0.15) is 10.5 Å². The SMILES string of the molecule is COc1cc2c(=S)nc(C)[nH]c2cn1. The average Bonchev–Trinajstić information content (AvgIpc) is 2.17. The van der Waals surface area contributed by atoms with Gasteiger partial charge in [0.15, 0.2) is 0 Å². The minimum absolute atomic E-state index is 0.544. The number of aromatic nitrogens is 3. The Bertz CT molecular complexity index is 535. The molecule has 4 nitrogen and oxygen atoms in total. The molecule has 0 atom stereocenters. The van der Waals surface area contributed by atoms with E-state index in [9.17, 15) is 0 Å². The Morgan fingerprint density at radius 3 is 3.00 bits per heavy atom. The van der Waals surface area contributed by atoms with Crippen molar-refractivity contribution in [3.05, 3.63) is 22.7 Å². The van der Waals surface area contributed by atoms with Crippen LogP contribution in [0.25, 0.3) is 10.9 Å². The summed E-state index contributed by atoms with van der Waals surface area (Å²) in [5.74, 6) is 1.33. The number of hydrogen-bond acceptors (Lipinski definition) is 4. The molecule has 72 valence electrons. The van der Waals surface area contributed by atoms with Gasteiger partial charge in [-0.25, -0.2) is 9.97 Å². The minimum atomic E-state index is 0.544. The maximum Gasteiger partial charge on any atom is 0.213 e. The van der Waals surface area contributed by atoms with E-state index in [2.05, 4.69) is 15.0 Å². The van der Waals surface area contributed by atoms with E-state index in [1.165, 1.54) is 0 Å². The second kappa shape index (κ2) is 3.34. The van der Waals surface area contributed by atoms with E-state index < -0.39 is 0 Å². The van der Waals surface area contributed by atoms with Gasteiger partial charge in [0.2, 0.25) is 5.88 Å². The Kier molecular flexibility index (Phi) is 2.17. The topological polar surface area (TPSA) is 50.8 Å². The molecule has 0 radical (unpaired) electrons. The molecule has 2 aromatic heterocycles. The molecule has 0 aliphatic rings. The molecule has 0 unspecified atom stereocenters. The van der Waals surface area contributed by atoms with Crippen molar-refractivity contribution >= 4 is 23.1 Å². The van der Waals surface area contributed by atoms with Crippen LogP contribution in [0.1, 0.15) is 5.82 Å². The van der Waals surface area contributed by atoms with Gasteiger partial charge < -0.3 is 9.72 Å². The molecule has 0 spiro atoms. The van der Waals surface area contributed by atoms with Crippen molar-refractivity contribution in [3.63, 3.8) is 0 Å². The highest BCUT2D eigenvalue weighted by Crippen LogP contribution is 2.16. The van der Waals surface area contributed by atoms with Crippen LogP contribution in [0, 0.1) is 11.6 Å². The molecule has 0 saturated heterocycles. The van der Waals surface area contributed by atoms with Gasteiger partial charge in [-0.1, -0.05) is 12.2 Å². The van der Waals surface area contributed by atoms with Gasteiger partial charge in [-0.05, 0) is 6.92 Å². The van der Waals surface area contributed by atoms with Crippen molar-refractivity contribution in [2.45, 2.75) is 6.92 Å². The summed E-state index contributed by atoms with van der Waals surface area (Å²) in [6.07, 6.45) is 1.69. The number of fused-ring (bicyclic) bond motifs is 1. The molecule has 14 heavy (non-hydrogen) atoms. The van der Waals surface area contributed by atoms with Gasteiger partial charge in [-0.2, -0.15) is 0 Å². The zero-order chi connectivity index (χ0) is 10.1. The number of pyridine rings is 1. The third kappa shape index (κ3) is 1.46. The lowest BCUT2D eigenvalue weighted by Crippen LogP contribution is -1.93. The van der Waals surface area contributed by atoms with E-state index in [-0.39, 0.29) is 0 Å². The second-order valence-electron chi connectivity index (χ2n) is 2.90. The zero-order valence-electron chi connectivity index (χ0n) is 7.87. The molecule has 5 heteroatoms. The summed E-state index contributed by atoms with van der Waals surface area (Å²) in [5.41, 5.74) is 0.878. The molecule has 0 saturated carbocycles. The number of nitrogens with one attached hydrogen (secondary N) is 1. The number of aromatic amines is 1. The van der Waals surface area contributed by atoms with E-state index in [1.54, 1.807) is 19.4 Å². The first-order valence-electron chi connectivity index (χ1n) is 4.11. The summed E-state index contributed by atoms with van der Waals surface area (Å²) in [7, 11) is 1.57. The van der Waals surface area contributed by atoms with Crippen molar-refractivity contribution < 1.29 is 4.74 Å². The van der Waals surface area contributed by atoms with E-state index >= 15 is 0 Å². The first-order valence-corrected chi connectivity index (χ1v) is 4.52. The largest absolute Gasteiger partial charge is 0.481 e. The molecule has 0 fully saturated rings. The fourth-order valence-electron chi connectivity index (χ4n) is 1.26. The third-order valence-electron chi connectivity index (χ3n) is 1.90. The Labute approximate surface area is 86.0 Å². The fraction of sp³-hybridized carbons (Fsp3) is 0.222. The summed E-state index contributed by atoms with van der Waals surface area (Å²) < 4.78 is 5.58. The molecule has 2 rings (SSSR count). The Hall–Kier alpha value is -1.49. The Balaban J connectivity index is 2.82. The number of ether oxygens (including phenoxy) is 1. The molecule has 0 aliphatic heterocycles. The summed E-state index contributed by atoms with van der Waals surface area (Å²) in [4.78, 5) is 11.3. The van der Waals surface area contributed by atoms with Crippen molar-refractivity contribution in [1.82, 2.24) is 15.0 Å². The Morgan fingerprint density at radius 1 is 1.50 bits per heavy atom. The molecular formula is C9H9N3OS. The van der Waals surface area contributed by atoms with Gasteiger partial charge in [0.05, 0.1) is 18.8 Å². The first-order chi connectivity index (χ1) is 6.70. The lowest BCUT2D eigenvalue weighted by atomic mass is 10.3. The van der Waals surface area contributed by atoms with E-state index in [0.717, 1.165) is 16.7 Å². The molecule has 0 aliphatic carbocycles. The molecule has 2 aromatic rings. The van der Waals surface area contributed by atoms with Gasteiger partial charge in [0, 0.05) is 11.5 Å². The van der Waals surface area contributed by atoms with Crippen LogP contribution in [0.5, 0.6) is 5.88 Å².